The molecule has 0 heterocycles. The second kappa shape index (κ2) is 6.45. The number of halogens is 3. The Morgan fingerprint density at radius 1 is 1.30 bits per heavy atom. The van der Waals surface area contributed by atoms with Gasteiger partial charge in [0, 0.05) is 12.6 Å². The van der Waals surface area contributed by atoms with Gasteiger partial charge in [0.15, 0.2) is 0 Å². The fraction of sp³-hybridized carbons (Fsp3) is 0.500. The van der Waals surface area contributed by atoms with Crippen molar-refractivity contribution in [1.82, 2.24) is 0 Å². The van der Waals surface area contributed by atoms with E-state index < -0.39 is 20.2 Å². The monoisotopic (exact) mass is 310 g/mol. The molecule has 20 heavy (non-hydrogen) atoms. The molecule has 4 nitrogen and oxygen atoms in total. The molecule has 0 amide bonds. The molecule has 0 aliphatic rings. The van der Waals surface area contributed by atoms with Crippen LogP contribution in [0.15, 0.2) is 29.2 Å². The van der Waals surface area contributed by atoms with Gasteiger partial charge in [-0.15, -0.1) is 0 Å². The molecule has 0 bridgehead atoms. The molecule has 0 fully saturated rings. The number of hydrogen-bond acceptors (Lipinski definition) is 4. The normalized spacial score (nSPS) is 14.1. The van der Waals surface area contributed by atoms with E-state index in [0.29, 0.717) is 19.4 Å². The zero-order chi connectivity index (χ0) is 15.4. The predicted octanol–water partition coefficient (Wildman–Crippen LogP) is 2.52. The molecule has 1 aromatic rings. The maximum Gasteiger partial charge on any atom is 0.501 e. The highest BCUT2D eigenvalue weighted by Crippen LogP contribution is 2.34. The second-order valence-electron chi connectivity index (χ2n) is 4.49. The van der Waals surface area contributed by atoms with Gasteiger partial charge in [0.25, 0.3) is 9.84 Å². The van der Waals surface area contributed by atoms with Gasteiger partial charge < -0.3 is 11.1 Å². The maximum atomic E-state index is 12.6. The van der Waals surface area contributed by atoms with Crippen LogP contribution < -0.4 is 11.1 Å². The maximum absolute atomic E-state index is 12.6. The second-order valence-corrected chi connectivity index (χ2v) is 6.40. The standard InChI is InChI=1S/C12H17F3N2O2S/c1-9(16)5-4-8-17-10-6-2-3-7-11(10)20(18,19)12(13,14)15/h2-3,6-7,9,17H,4-5,8,16H2,1H3. The fourth-order valence-electron chi connectivity index (χ4n) is 1.62. The van der Waals surface area contributed by atoms with Crippen LogP contribution in [0.5, 0.6) is 0 Å². The van der Waals surface area contributed by atoms with E-state index >= 15 is 0 Å². The molecule has 8 heteroatoms. The van der Waals surface area contributed by atoms with Crippen LogP contribution in [0.3, 0.4) is 0 Å². The zero-order valence-electron chi connectivity index (χ0n) is 10.9. The van der Waals surface area contributed by atoms with Crippen molar-refractivity contribution in [2.45, 2.75) is 36.2 Å². The Labute approximate surface area is 116 Å². The van der Waals surface area contributed by atoms with E-state index in [4.69, 9.17) is 5.73 Å². The first-order chi connectivity index (χ1) is 9.16. The lowest BCUT2D eigenvalue weighted by atomic mass is 10.2. The Hall–Kier alpha value is -1.28. The third-order valence-electron chi connectivity index (χ3n) is 2.63. The number of alkyl halides is 3. The lowest BCUT2D eigenvalue weighted by Gasteiger charge is -2.14. The minimum atomic E-state index is -5.35. The van der Waals surface area contributed by atoms with Gasteiger partial charge in [-0.3, -0.25) is 0 Å². The molecule has 1 atom stereocenters. The molecule has 1 rings (SSSR count). The highest BCUT2D eigenvalue weighted by atomic mass is 32.2. The molecular weight excluding hydrogens is 293 g/mol. The number of nitrogens with two attached hydrogens (primary N) is 1. The van der Waals surface area contributed by atoms with Crippen LogP contribution in [-0.4, -0.2) is 26.5 Å². The molecule has 0 spiro atoms. The Morgan fingerprint density at radius 3 is 2.45 bits per heavy atom. The number of nitrogens with one attached hydrogen (secondary N) is 1. The lowest BCUT2D eigenvalue weighted by Crippen LogP contribution is -2.24. The van der Waals surface area contributed by atoms with Crippen LogP contribution >= 0.6 is 0 Å². The van der Waals surface area contributed by atoms with Gasteiger partial charge in [0.1, 0.15) is 0 Å². The van der Waals surface area contributed by atoms with Crippen molar-refractivity contribution in [2.24, 2.45) is 5.73 Å². The molecule has 1 aromatic carbocycles. The molecule has 3 N–H and O–H groups in total. The van der Waals surface area contributed by atoms with E-state index in [-0.39, 0.29) is 11.7 Å². The van der Waals surface area contributed by atoms with Gasteiger partial charge in [-0.2, -0.15) is 13.2 Å². The van der Waals surface area contributed by atoms with Gasteiger partial charge in [0.05, 0.1) is 10.6 Å². The fourth-order valence-corrected chi connectivity index (χ4v) is 2.56. The summed E-state index contributed by atoms with van der Waals surface area (Å²) in [6.07, 6.45) is 1.33. The first kappa shape index (κ1) is 16.8. The van der Waals surface area contributed by atoms with Crippen LogP contribution in [0.25, 0.3) is 0 Å². The van der Waals surface area contributed by atoms with Crippen LogP contribution in [0.2, 0.25) is 0 Å². The number of benzene rings is 1. The number of anilines is 1. The Bertz CT molecular complexity index is 542. The first-order valence-electron chi connectivity index (χ1n) is 6.06. The SMILES string of the molecule is CC(N)CCCNc1ccccc1S(=O)(=O)C(F)(F)F. The molecule has 0 saturated carbocycles. The summed E-state index contributed by atoms with van der Waals surface area (Å²) in [5.41, 5.74) is 0.200. The summed E-state index contributed by atoms with van der Waals surface area (Å²) < 4.78 is 60.5. The van der Waals surface area contributed by atoms with E-state index in [1.165, 1.54) is 18.2 Å². The van der Waals surface area contributed by atoms with Gasteiger partial charge in [-0.25, -0.2) is 8.42 Å². The molecule has 0 aromatic heterocycles. The van der Waals surface area contributed by atoms with Gasteiger partial charge >= 0.3 is 5.51 Å². The molecule has 0 radical (unpaired) electrons. The molecule has 114 valence electrons. The summed E-state index contributed by atoms with van der Waals surface area (Å²) in [5, 5.41) is 2.71. The summed E-state index contributed by atoms with van der Waals surface area (Å²) in [5.74, 6) is 0. The van der Waals surface area contributed by atoms with Gasteiger partial charge in [0.2, 0.25) is 0 Å². The van der Waals surface area contributed by atoms with E-state index in [9.17, 15) is 21.6 Å². The van der Waals surface area contributed by atoms with Crippen LogP contribution in [0, 0.1) is 0 Å². The number of para-hydroxylation sites is 1. The predicted molar refractivity (Wildman–Crippen MR) is 71.1 cm³/mol. The number of rotatable bonds is 6. The van der Waals surface area contributed by atoms with E-state index in [2.05, 4.69) is 5.32 Å². The summed E-state index contributed by atoms with van der Waals surface area (Å²) in [4.78, 5) is -0.756. The van der Waals surface area contributed by atoms with Crippen molar-refractivity contribution >= 4 is 15.5 Å². The highest BCUT2D eigenvalue weighted by molar-refractivity contribution is 7.92. The average Bonchev–Trinajstić information content (AvgIpc) is 2.33. The Balaban J connectivity index is 2.90. The number of hydrogen-bond donors (Lipinski definition) is 2. The first-order valence-corrected chi connectivity index (χ1v) is 7.54. The quantitative estimate of drug-likeness (QED) is 0.792. The van der Waals surface area contributed by atoms with Crippen LogP contribution in [0.1, 0.15) is 19.8 Å². The average molecular weight is 310 g/mol. The van der Waals surface area contributed by atoms with Crippen molar-refractivity contribution in [2.75, 3.05) is 11.9 Å². The Morgan fingerprint density at radius 2 is 1.90 bits per heavy atom. The van der Waals surface area contributed by atoms with Crippen molar-refractivity contribution in [3.8, 4) is 0 Å². The van der Waals surface area contributed by atoms with Crippen LogP contribution in [0.4, 0.5) is 18.9 Å². The molecule has 0 aliphatic carbocycles. The molecular formula is C12H17F3N2O2S. The third kappa shape index (κ3) is 4.11. The van der Waals surface area contributed by atoms with Gasteiger partial charge in [-0.1, -0.05) is 12.1 Å². The van der Waals surface area contributed by atoms with Gasteiger partial charge in [-0.05, 0) is 31.9 Å². The van der Waals surface area contributed by atoms with Crippen LogP contribution in [-0.2, 0) is 9.84 Å². The number of sulfone groups is 1. The third-order valence-corrected chi connectivity index (χ3v) is 4.18. The lowest BCUT2D eigenvalue weighted by molar-refractivity contribution is -0.0435. The molecule has 1 unspecified atom stereocenters. The summed E-state index contributed by atoms with van der Waals surface area (Å²) >= 11 is 0. The summed E-state index contributed by atoms with van der Waals surface area (Å²) in [6, 6.07) is 4.97. The van der Waals surface area contributed by atoms with Crippen molar-refractivity contribution in [3.05, 3.63) is 24.3 Å². The smallest absolute Gasteiger partial charge is 0.384 e. The van der Waals surface area contributed by atoms with E-state index in [1.54, 1.807) is 0 Å². The molecule has 0 aliphatic heterocycles. The van der Waals surface area contributed by atoms with E-state index in [1.807, 2.05) is 6.92 Å². The minimum Gasteiger partial charge on any atom is -0.384 e. The van der Waals surface area contributed by atoms with E-state index in [0.717, 1.165) is 6.07 Å². The Kier molecular flexibility index (Phi) is 5.41. The highest BCUT2D eigenvalue weighted by Gasteiger charge is 2.47. The zero-order valence-corrected chi connectivity index (χ0v) is 11.8. The largest absolute Gasteiger partial charge is 0.501 e. The molecule has 0 saturated heterocycles. The minimum absolute atomic E-state index is 0.00838. The summed E-state index contributed by atoms with van der Waals surface area (Å²) in [6.45, 7) is 2.17. The summed E-state index contributed by atoms with van der Waals surface area (Å²) in [7, 11) is -5.35. The van der Waals surface area contributed by atoms with Crippen molar-refractivity contribution in [1.29, 1.82) is 0 Å². The van der Waals surface area contributed by atoms with Crippen molar-refractivity contribution in [3.63, 3.8) is 0 Å². The topological polar surface area (TPSA) is 72.2 Å². The van der Waals surface area contributed by atoms with Crippen molar-refractivity contribution < 1.29 is 21.6 Å².